The van der Waals surface area contributed by atoms with Crippen molar-refractivity contribution >= 4 is 28.2 Å². The van der Waals surface area contributed by atoms with Gasteiger partial charge in [0.05, 0.1) is 23.3 Å². The Labute approximate surface area is 295 Å². The fourth-order valence-electron chi connectivity index (χ4n) is 6.17. The van der Waals surface area contributed by atoms with Crippen LogP contribution in [0.25, 0.3) is 0 Å². The second kappa shape index (κ2) is 16.6. The topological polar surface area (TPSA) is 156 Å². The number of aryl methyl sites for hydroxylation is 1. The van der Waals surface area contributed by atoms with E-state index in [0.29, 0.717) is 25.2 Å². The molecule has 12 nitrogen and oxygen atoms in total. The Balaban J connectivity index is 1.59. The number of aliphatic hydroxyl groups excluding tert-OH is 1. The third-order valence-corrected chi connectivity index (χ3v) is 10.5. The number of hydrogen-bond donors (Lipinski definition) is 3. The molecule has 50 heavy (non-hydrogen) atoms. The zero-order valence-corrected chi connectivity index (χ0v) is 30.5. The van der Waals surface area contributed by atoms with Crippen LogP contribution in [0.2, 0.25) is 0 Å². The van der Waals surface area contributed by atoms with Crippen LogP contribution in [0.4, 0.5) is 4.79 Å². The molecule has 4 rings (SSSR count). The maximum Gasteiger partial charge on any atom is 0.321 e. The number of sulfonamides is 1. The minimum Gasteiger partial charge on any atom is -0.411 e. The van der Waals surface area contributed by atoms with E-state index in [0.717, 1.165) is 16.8 Å². The fourth-order valence-corrected chi connectivity index (χ4v) is 7.79. The molecule has 1 aliphatic rings. The first-order chi connectivity index (χ1) is 23.6. The molecule has 3 aromatic rings. The number of urea groups is 1. The second-order valence-corrected chi connectivity index (χ2v) is 16.3. The van der Waals surface area contributed by atoms with Crippen LogP contribution in [0.3, 0.4) is 0 Å². The predicted octanol–water partition coefficient (Wildman–Crippen LogP) is 4.29. The molecule has 3 amide bonds. The number of oxime groups is 1. The van der Waals surface area contributed by atoms with Gasteiger partial charge in [-0.1, -0.05) is 88.3 Å². The van der Waals surface area contributed by atoms with Crippen molar-refractivity contribution in [2.24, 2.45) is 16.5 Å². The van der Waals surface area contributed by atoms with Gasteiger partial charge in [0.1, 0.15) is 6.04 Å². The number of carbonyl (C=O) groups is 2. The lowest BCUT2D eigenvalue weighted by atomic mass is 9.84. The summed E-state index contributed by atoms with van der Waals surface area (Å²) in [5.41, 5.74) is 2.48. The molecule has 3 N–H and O–H groups in total. The van der Waals surface area contributed by atoms with Crippen molar-refractivity contribution in [2.75, 3.05) is 26.2 Å². The van der Waals surface area contributed by atoms with Crippen molar-refractivity contribution < 1.29 is 28.3 Å². The number of rotatable bonds is 15. The smallest absolute Gasteiger partial charge is 0.321 e. The van der Waals surface area contributed by atoms with Crippen molar-refractivity contribution in [1.82, 2.24) is 24.4 Å². The molecule has 1 aliphatic heterocycles. The molecule has 0 spiro atoms. The standard InChI is InChI=1S/C37H50N6O6S/c1-26(2)23-42(50(48,49)31-16-14-29(15-17-31)22-39-47)25-33(44)32(20-28-10-8-7-9-11-28)40-35(45)34(37(4,5)6)43-19-18-41(36(43)46)24-30-13-12-27(3)38-21-30/h7-17,21-22,26,32-34,44,47H,18-20,23-25H2,1-6H3,(H,40,45)/b39-22+/t32-,33+,34+/m0/s1. The molecular formula is C37H50N6O6S. The molecule has 13 heteroatoms. The lowest BCUT2D eigenvalue weighted by Crippen LogP contribution is -2.59. The van der Waals surface area contributed by atoms with Crippen LogP contribution >= 0.6 is 0 Å². The maximum absolute atomic E-state index is 14.3. The number of amides is 3. The van der Waals surface area contributed by atoms with E-state index in [1.165, 1.54) is 34.8 Å². The fraction of sp³-hybridized carbons (Fsp3) is 0.459. The number of aromatic nitrogens is 1. The molecule has 2 aromatic carbocycles. The summed E-state index contributed by atoms with van der Waals surface area (Å²) in [6, 6.07) is 17.1. The summed E-state index contributed by atoms with van der Waals surface area (Å²) in [7, 11) is -4.06. The minimum atomic E-state index is -4.06. The zero-order chi connectivity index (χ0) is 36.6. The van der Waals surface area contributed by atoms with Crippen LogP contribution in [0.5, 0.6) is 0 Å². The van der Waals surface area contributed by atoms with Gasteiger partial charge in [0.15, 0.2) is 0 Å². The molecule has 2 heterocycles. The summed E-state index contributed by atoms with van der Waals surface area (Å²) in [6.45, 7) is 12.4. The SMILES string of the molecule is Cc1ccc(CN2CCN([C@H](C(=O)N[C@@H](Cc3ccccc3)[C@H](O)CN(CC(C)C)S(=O)(=O)c3ccc(/C=N/O)cc3)C(C)(C)C)C2=O)cn1. The molecule has 0 aliphatic carbocycles. The van der Waals surface area contributed by atoms with Gasteiger partial charge >= 0.3 is 6.03 Å². The molecule has 1 saturated heterocycles. The predicted molar refractivity (Wildman–Crippen MR) is 192 cm³/mol. The molecular weight excluding hydrogens is 657 g/mol. The highest BCUT2D eigenvalue weighted by Crippen LogP contribution is 2.29. The van der Waals surface area contributed by atoms with Crippen LogP contribution in [-0.2, 0) is 27.8 Å². The largest absolute Gasteiger partial charge is 0.411 e. The van der Waals surface area contributed by atoms with E-state index in [4.69, 9.17) is 5.21 Å². The summed E-state index contributed by atoms with van der Waals surface area (Å²) < 4.78 is 29.0. The van der Waals surface area contributed by atoms with Gasteiger partial charge in [0, 0.05) is 44.6 Å². The average Bonchev–Trinajstić information content (AvgIpc) is 3.40. The Morgan fingerprint density at radius 1 is 1.02 bits per heavy atom. The van der Waals surface area contributed by atoms with Crippen LogP contribution in [-0.4, -0.2) is 100 Å². The van der Waals surface area contributed by atoms with Crippen molar-refractivity contribution in [3.8, 4) is 0 Å². The van der Waals surface area contributed by atoms with E-state index < -0.39 is 39.5 Å². The van der Waals surface area contributed by atoms with Gasteiger partial charge < -0.3 is 25.4 Å². The summed E-state index contributed by atoms with van der Waals surface area (Å²) in [4.78, 5) is 35.7. The van der Waals surface area contributed by atoms with Gasteiger partial charge in [-0.05, 0) is 59.6 Å². The van der Waals surface area contributed by atoms with E-state index in [-0.39, 0.29) is 36.4 Å². The number of benzene rings is 2. The van der Waals surface area contributed by atoms with Crippen molar-refractivity contribution in [2.45, 2.75) is 77.6 Å². The Hall–Kier alpha value is -4.33. The molecule has 0 bridgehead atoms. The third kappa shape index (κ3) is 9.89. The molecule has 1 fully saturated rings. The maximum atomic E-state index is 14.3. The highest BCUT2D eigenvalue weighted by molar-refractivity contribution is 7.89. The van der Waals surface area contributed by atoms with Crippen molar-refractivity contribution in [1.29, 1.82) is 0 Å². The van der Waals surface area contributed by atoms with E-state index in [2.05, 4.69) is 15.5 Å². The zero-order valence-electron chi connectivity index (χ0n) is 29.7. The average molecular weight is 707 g/mol. The quantitative estimate of drug-likeness (QED) is 0.121. The van der Waals surface area contributed by atoms with Crippen molar-refractivity contribution in [3.63, 3.8) is 0 Å². The van der Waals surface area contributed by atoms with Gasteiger partial charge in [-0.2, -0.15) is 4.31 Å². The normalized spacial score (nSPS) is 16.0. The molecule has 270 valence electrons. The van der Waals surface area contributed by atoms with Gasteiger partial charge in [0.25, 0.3) is 0 Å². The minimum absolute atomic E-state index is 0.0235. The number of hydrogen-bond acceptors (Lipinski definition) is 8. The number of carbonyl (C=O) groups excluding carboxylic acids is 2. The summed E-state index contributed by atoms with van der Waals surface area (Å²) in [5, 5.41) is 26.7. The number of pyridine rings is 1. The Kier molecular flexibility index (Phi) is 12.8. The van der Waals surface area contributed by atoms with Crippen LogP contribution < -0.4 is 5.32 Å². The lowest BCUT2D eigenvalue weighted by Gasteiger charge is -2.38. The van der Waals surface area contributed by atoms with Crippen LogP contribution in [0, 0.1) is 18.3 Å². The second-order valence-electron chi connectivity index (χ2n) is 14.4. The van der Waals surface area contributed by atoms with E-state index in [1.807, 2.05) is 84.0 Å². The van der Waals surface area contributed by atoms with Gasteiger partial charge in [0.2, 0.25) is 15.9 Å². The van der Waals surface area contributed by atoms with E-state index >= 15 is 0 Å². The van der Waals surface area contributed by atoms with Crippen molar-refractivity contribution in [3.05, 3.63) is 95.3 Å². The first-order valence-corrected chi connectivity index (χ1v) is 18.3. The van der Waals surface area contributed by atoms with E-state index in [9.17, 15) is 23.1 Å². The highest BCUT2D eigenvalue weighted by Gasteiger charge is 2.44. The number of aliphatic hydroxyl groups is 1. The van der Waals surface area contributed by atoms with Crippen LogP contribution in [0.1, 0.15) is 57.0 Å². The first kappa shape index (κ1) is 38.5. The van der Waals surface area contributed by atoms with Gasteiger partial charge in [-0.3, -0.25) is 9.78 Å². The summed E-state index contributed by atoms with van der Waals surface area (Å²) >= 11 is 0. The molecule has 0 unspecified atom stereocenters. The highest BCUT2D eigenvalue weighted by atomic mass is 32.2. The Bertz CT molecular complexity index is 1710. The molecule has 3 atom stereocenters. The van der Waals surface area contributed by atoms with Gasteiger partial charge in [-0.15, -0.1) is 0 Å². The Morgan fingerprint density at radius 3 is 2.28 bits per heavy atom. The number of nitrogens with one attached hydrogen (secondary N) is 1. The monoisotopic (exact) mass is 706 g/mol. The lowest BCUT2D eigenvalue weighted by molar-refractivity contribution is -0.130. The van der Waals surface area contributed by atoms with Crippen LogP contribution in [0.15, 0.2) is 83.0 Å². The first-order valence-electron chi connectivity index (χ1n) is 16.9. The summed E-state index contributed by atoms with van der Waals surface area (Å²) in [6.07, 6.45) is 1.88. The third-order valence-electron chi connectivity index (χ3n) is 8.63. The Morgan fingerprint density at radius 2 is 1.70 bits per heavy atom. The summed E-state index contributed by atoms with van der Waals surface area (Å²) in [5.74, 6) is -0.492. The molecule has 0 radical (unpaired) electrons. The number of nitrogens with zero attached hydrogens (tertiary/aromatic N) is 5. The van der Waals surface area contributed by atoms with E-state index in [1.54, 1.807) is 16.0 Å². The van der Waals surface area contributed by atoms with Gasteiger partial charge in [-0.25, -0.2) is 13.2 Å². The molecule has 0 saturated carbocycles. The molecule has 1 aromatic heterocycles.